The van der Waals surface area contributed by atoms with Crippen molar-refractivity contribution in [2.24, 2.45) is 0 Å². The van der Waals surface area contributed by atoms with Crippen molar-refractivity contribution in [1.29, 1.82) is 0 Å². The van der Waals surface area contributed by atoms with E-state index in [9.17, 15) is 9.18 Å². The van der Waals surface area contributed by atoms with Crippen LogP contribution in [0.1, 0.15) is 28.4 Å². The van der Waals surface area contributed by atoms with Gasteiger partial charge < -0.3 is 15.4 Å². The number of nitrogens with one attached hydrogen (secondary N) is 2. The average Bonchev–Trinajstić information content (AvgIpc) is 2.90. The second kappa shape index (κ2) is 7.22. The fourth-order valence-electron chi connectivity index (χ4n) is 2.09. The van der Waals surface area contributed by atoms with Crippen LogP contribution < -0.4 is 15.4 Å². The normalized spacial score (nSPS) is 11.8. The third kappa shape index (κ3) is 3.94. The summed E-state index contributed by atoms with van der Waals surface area (Å²) >= 11 is 1.52. The third-order valence-electron chi connectivity index (χ3n) is 3.11. The summed E-state index contributed by atoms with van der Waals surface area (Å²) in [5.41, 5.74) is 0.328. The zero-order chi connectivity index (χ0) is 16.1. The van der Waals surface area contributed by atoms with Crippen molar-refractivity contribution in [2.45, 2.75) is 26.4 Å². The molecule has 0 radical (unpaired) electrons. The van der Waals surface area contributed by atoms with E-state index in [1.54, 1.807) is 25.3 Å². The number of benzene rings is 1. The summed E-state index contributed by atoms with van der Waals surface area (Å²) in [6.07, 6.45) is 1.73. The van der Waals surface area contributed by atoms with Crippen LogP contribution in [-0.4, -0.2) is 18.1 Å². The predicted molar refractivity (Wildman–Crippen MR) is 83.6 cm³/mol. The van der Waals surface area contributed by atoms with Crippen LogP contribution >= 0.6 is 11.3 Å². The maximum absolute atomic E-state index is 13.9. The van der Waals surface area contributed by atoms with Gasteiger partial charge in [0.1, 0.15) is 11.6 Å². The Labute approximate surface area is 132 Å². The molecule has 0 saturated carbocycles. The van der Waals surface area contributed by atoms with Crippen molar-refractivity contribution >= 4 is 17.4 Å². The Bertz CT molecular complexity index is 660. The maximum atomic E-state index is 13.9. The maximum Gasteiger partial charge on any atom is 0.315 e. The molecule has 0 unspecified atom stereocenters. The fourth-order valence-corrected chi connectivity index (χ4v) is 2.82. The Balaban J connectivity index is 1.96. The van der Waals surface area contributed by atoms with Gasteiger partial charge in [0.15, 0.2) is 0 Å². The molecule has 7 heteroatoms. The molecule has 2 aromatic rings. The van der Waals surface area contributed by atoms with E-state index in [1.165, 1.54) is 24.5 Å². The first-order chi connectivity index (χ1) is 10.5. The van der Waals surface area contributed by atoms with Gasteiger partial charge in [-0.15, -0.1) is 11.3 Å². The van der Waals surface area contributed by atoms with Gasteiger partial charge in [-0.1, -0.05) is 6.07 Å². The molecular formula is C15H18FN3O2S. The minimum Gasteiger partial charge on any atom is -0.496 e. The first kappa shape index (κ1) is 16.2. The monoisotopic (exact) mass is 323 g/mol. The van der Waals surface area contributed by atoms with E-state index in [1.807, 2.05) is 6.92 Å². The second-order valence-corrected chi connectivity index (χ2v) is 6.07. The lowest BCUT2D eigenvalue weighted by Gasteiger charge is -2.18. The molecule has 2 rings (SSSR count). The smallest absolute Gasteiger partial charge is 0.315 e. The molecule has 1 atom stereocenters. The molecule has 2 amide bonds. The number of carbonyl (C=O) groups excluding carboxylic acids is 1. The Morgan fingerprint density at radius 2 is 2.27 bits per heavy atom. The summed E-state index contributed by atoms with van der Waals surface area (Å²) in [6, 6.07) is 3.68. The van der Waals surface area contributed by atoms with Crippen molar-refractivity contribution in [3.8, 4) is 5.75 Å². The highest BCUT2D eigenvalue weighted by molar-refractivity contribution is 7.11. The van der Waals surface area contributed by atoms with Gasteiger partial charge in [-0.2, -0.15) is 0 Å². The standard InChI is InChI=1S/C15H18FN3O2S/c1-9(14-12(16)5-4-6-13(14)21-3)19-15(20)18-8-11-7-17-10(2)22-11/h4-7,9H,8H2,1-3H3,(H2,18,19,20)/t9-/m0/s1. The van der Waals surface area contributed by atoms with Gasteiger partial charge >= 0.3 is 6.03 Å². The third-order valence-corrected chi connectivity index (χ3v) is 4.02. The van der Waals surface area contributed by atoms with E-state index in [2.05, 4.69) is 15.6 Å². The van der Waals surface area contributed by atoms with E-state index >= 15 is 0 Å². The molecule has 0 fully saturated rings. The molecule has 0 spiro atoms. The van der Waals surface area contributed by atoms with E-state index in [4.69, 9.17) is 4.74 Å². The molecule has 118 valence electrons. The van der Waals surface area contributed by atoms with Crippen LogP contribution in [0.2, 0.25) is 0 Å². The Kier molecular flexibility index (Phi) is 5.32. The SMILES string of the molecule is COc1cccc(F)c1[C@H](C)NC(=O)NCc1cnc(C)s1. The van der Waals surface area contributed by atoms with Crippen LogP contribution in [0, 0.1) is 12.7 Å². The number of aryl methyl sites for hydroxylation is 1. The molecule has 1 heterocycles. The Hall–Kier alpha value is -2.15. The van der Waals surface area contributed by atoms with Crippen LogP contribution in [-0.2, 0) is 6.54 Å². The van der Waals surface area contributed by atoms with Crippen LogP contribution in [0.15, 0.2) is 24.4 Å². The van der Waals surface area contributed by atoms with E-state index < -0.39 is 11.9 Å². The molecular weight excluding hydrogens is 305 g/mol. The number of nitrogens with zero attached hydrogens (tertiary/aromatic N) is 1. The lowest BCUT2D eigenvalue weighted by atomic mass is 10.1. The van der Waals surface area contributed by atoms with E-state index in [-0.39, 0.29) is 6.03 Å². The van der Waals surface area contributed by atoms with Crippen LogP contribution in [0.4, 0.5) is 9.18 Å². The Morgan fingerprint density at radius 1 is 1.50 bits per heavy atom. The van der Waals surface area contributed by atoms with Gasteiger partial charge in [0.25, 0.3) is 0 Å². The van der Waals surface area contributed by atoms with Gasteiger partial charge in [0.2, 0.25) is 0 Å². The number of rotatable bonds is 5. The number of urea groups is 1. The van der Waals surface area contributed by atoms with E-state index in [0.717, 1.165) is 9.88 Å². The van der Waals surface area contributed by atoms with Crippen LogP contribution in [0.25, 0.3) is 0 Å². The molecule has 0 aliphatic heterocycles. The number of ether oxygens (including phenoxy) is 1. The van der Waals surface area contributed by atoms with Crippen LogP contribution in [0.3, 0.4) is 0 Å². The van der Waals surface area contributed by atoms with Crippen molar-refractivity contribution in [3.63, 3.8) is 0 Å². The van der Waals surface area contributed by atoms with Crippen molar-refractivity contribution in [1.82, 2.24) is 15.6 Å². The number of methoxy groups -OCH3 is 1. The minimum absolute atomic E-state index is 0.328. The summed E-state index contributed by atoms with van der Waals surface area (Å²) < 4.78 is 19.1. The molecule has 0 aliphatic rings. The summed E-state index contributed by atoms with van der Waals surface area (Å²) in [7, 11) is 1.47. The van der Waals surface area contributed by atoms with Gasteiger partial charge in [-0.25, -0.2) is 14.2 Å². The number of thiazole rings is 1. The number of aromatic nitrogens is 1. The summed E-state index contributed by atoms with van der Waals surface area (Å²) in [6.45, 7) is 4.00. The first-order valence-corrected chi connectivity index (χ1v) is 7.61. The highest BCUT2D eigenvalue weighted by Crippen LogP contribution is 2.27. The van der Waals surface area contributed by atoms with Crippen molar-refractivity contribution in [3.05, 3.63) is 45.7 Å². The molecule has 5 nitrogen and oxygen atoms in total. The minimum atomic E-state index is -0.514. The molecule has 0 saturated heterocycles. The van der Waals surface area contributed by atoms with Crippen molar-refractivity contribution in [2.75, 3.05) is 7.11 Å². The van der Waals surface area contributed by atoms with Gasteiger partial charge in [-0.05, 0) is 26.0 Å². The number of halogens is 1. The predicted octanol–water partition coefficient (Wildman–Crippen LogP) is 3.16. The van der Waals surface area contributed by atoms with Gasteiger partial charge in [-0.3, -0.25) is 0 Å². The highest BCUT2D eigenvalue weighted by Gasteiger charge is 2.18. The summed E-state index contributed by atoms with van der Waals surface area (Å²) in [4.78, 5) is 17.0. The highest BCUT2D eigenvalue weighted by atomic mass is 32.1. The quantitative estimate of drug-likeness (QED) is 0.888. The molecule has 2 N–H and O–H groups in total. The molecule has 1 aromatic heterocycles. The average molecular weight is 323 g/mol. The largest absolute Gasteiger partial charge is 0.496 e. The zero-order valence-corrected chi connectivity index (χ0v) is 13.5. The number of hydrogen-bond donors (Lipinski definition) is 2. The zero-order valence-electron chi connectivity index (χ0n) is 12.6. The number of carbonyl (C=O) groups is 1. The summed E-state index contributed by atoms with van der Waals surface area (Å²) in [5.74, 6) is -0.00360. The second-order valence-electron chi connectivity index (χ2n) is 4.75. The molecule has 0 bridgehead atoms. The topological polar surface area (TPSA) is 63.2 Å². The fraction of sp³-hybridized carbons (Fsp3) is 0.333. The molecule has 1 aromatic carbocycles. The lowest BCUT2D eigenvalue weighted by molar-refractivity contribution is 0.237. The van der Waals surface area contributed by atoms with Crippen LogP contribution in [0.5, 0.6) is 5.75 Å². The van der Waals surface area contributed by atoms with E-state index in [0.29, 0.717) is 17.9 Å². The Morgan fingerprint density at radius 3 is 2.91 bits per heavy atom. The lowest BCUT2D eigenvalue weighted by Crippen LogP contribution is -2.36. The first-order valence-electron chi connectivity index (χ1n) is 6.79. The van der Waals surface area contributed by atoms with Crippen molar-refractivity contribution < 1.29 is 13.9 Å². The molecule has 22 heavy (non-hydrogen) atoms. The number of amides is 2. The number of hydrogen-bond acceptors (Lipinski definition) is 4. The summed E-state index contributed by atoms with van der Waals surface area (Å²) in [5, 5.41) is 6.38. The van der Waals surface area contributed by atoms with Gasteiger partial charge in [0.05, 0.1) is 30.3 Å². The molecule has 0 aliphatic carbocycles. The van der Waals surface area contributed by atoms with Gasteiger partial charge in [0, 0.05) is 11.1 Å².